The standard InChI is InChI=1S/C15H16BrF3N2/c1-10(4-3-7-15(17,18)19)21-13-6-2-5-11-8-12(16)9-20-14(11)13/h2,5-6,8-10,21H,3-4,7H2,1H3. The summed E-state index contributed by atoms with van der Waals surface area (Å²) in [6.07, 6.45) is -2.51. The molecule has 0 fully saturated rings. The Bertz CT molecular complexity index is 613. The molecule has 2 rings (SSSR count). The van der Waals surface area contributed by atoms with Crippen LogP contribution in [0.1, 0.15) is 26.2 Å². The van der Waals surface area contributed by atoms with Crippen LogP contribution in [0.3, 0.4) is 0 Å². The molecule has 21 heavy (non-hydrogen) atoms. The van der Waals surface area contributed by atoms with Crippen LogP contribution >= 0.6 is 15.9 Å². The predicted molar refractivity (Wildman–Crippen MR) is 82.4 cm³/mol. The van der Waals surface area contributed by atoms with E-state index in [0.29, 0.717) is 6.42 Å². The molecule has 0 aliphatic carbocycles. The summed E-state index contributed by atoms with van der Waals surface area (Å²) in [6.45, 7) is 1.88. The second-order valence-corrected chi connectivity index (χ2v) is 6.00. The Balaban J connectivity index is 2.02. The Hall–Kier alpha value is -1.30. The SMILES string of the molecule is CC(CCCC(F)(F)F)Nc1cccc2cc(Br)cnc12. The fourth-order valence-corrected chi connectivity index (χ4v) is 2.55. The van der Waals surface area contributed by atoms with Crippen LogP contribution in [0.4, 0.5) is 18.9 Å². The van der Waals surface area contributed by atoms with Crippen molar-refractivity contribution in [3.05, 3.63) is 34.9 Å². The second kappa shape index (κ2) is 6.64. The first-order chi connectivity index (χ1) is 9.85. The summed E-state index contributed by atoms with van der Waals surface area (Å²) in [4.78, 5) is 4.36. The molecule has 6 heteroatoms. The second-order valence-electron chi connectivity index (χ2n) is 5.08. The maximum atomic E-state index is 12.1. The number of anilines is 1. The molecule has 0 spiro atoms. The smallest absolute Gasteiger partial charge is 0.381 e. The molecule has 1 N–H and O–H groups in total. The molecule has 0 radical (unpaired) electrons. The molecule has 2 aromatic rings. The van der Waals surface area contributed by atoms with Gasteiger partial charge >= 0.3 is 6.18 Å². The van der Waals surface area contributed by atoms with Gasteiger partial charge in [0.15, 0.2) is 0 Å². The lowest BCUT2D eigenvalue weighted by molar-refractivity contribution is -0.135. The lowest BCUT2D eigenvalue weighted by Crippen LogP contribution is -2.17. The number of benzene rings is 1. The Morgan fingerprint density at radius 2 is 2.10 bits per heavy atom. The molecule has 0 saturated carbocycles. The van der Waals surface area contributed by atoms with Crippen LogP contribution in [0.5, 0.6) is 0 Å². The van der Waals surface area contributed by atoms with Crippen molar-refractivity contribution in [2.24, 2.45) is 0 Å². The molecule has 1 aromatic carbocycles. The van der Waals surface area contributed by atoms with Gasteiger partial charge in [-0.1, -0.05) is 12.1 Å². The molecule has 2 nitrogen and oxygen atoms in total. The Morgan fingerprint density at radius 3 is 2.81 bits per heavy atom. The average molecular weight is 361 g/mol. The number of rotatable bonds is 5. The molecular weight excluding hydrogens is 345 g/mol. The van der Waals surface area contributed by atoms with Crippen LogP contribution in [0.25, 0.3) is 10.9 Å². The predicted octanol–water partition coefficient (Wildman–Crippen LogP) is 5.53. The average Bonchev–Trinajstić information content (AvgIpc) is 2.37. The largest absolute Gasteiger partial charge is 0.389 e. The fourth-order valence-electron chi connectivity index (χ4n) is 2.20. The van der Waals surface area contributed by atoms with Crippen LogP contribution in [0, 0.1) is 0 Å². The van der Waals surface area contributed by atoms with Crippen molar-refractivity contribution in [1.82, 2.24) is 4.98 Å². The molecule has 0 aliphatic rings. The van der Waals surface area contributed by atoms with Crippen molar-refractivity contribution in [3.63, 3.8) is 0 Å². The van der Waals surface area contributed by atoms with E-state index < -0.39 is 12.6 Å². The molecule has 114 valence electrons. The number of alkyl halides is 3. The zero-order chi connectivity index (χ0) is 15.5. The zero-order valence-electron chi connectivity index (χ0n) is 11.5. The van der Waals surface area contributed by atoms with Gasteiger partial charge in [-0.2, -0.15) is 13.2 Å². The number of hydrogen-bond acceptors (Lipinski definition) is 2. The van der Waals surface area contributed by atoms with Gasteiger partial charge < -0.3 is 5.32 Å². The van der Waals surface area contributed by atoms with Gasteiger partial charge in [-0.05, 0) is 47.8 Å². The van der Waals surface area contributed by atoms with Crippen LogP contribution in [0.2, 0.25) is 0 Å². The molecule has 0 amide bonds. The summed E-state index contributed by atoms with van der Waals surface area (Å²) in [5, 5.41) is 4.23. The van der Waals surface area contributed by atoms with Gasteiger partial charge in [0.25, 0.3) is 0 Å². The lowest BCUT2D eigenvalue weighted by Gasteiger charge is -2.17. The highest BCUT2D eigenvalue weighted by Gasteiger charge is 2.26. The highest BCUT2D eigenvalue weighted by atomic mass is 79.9. The Labute approximate surface area is 129 Å². The van der Waals surface area contributed by atoms with Crippen molar-refractivity contribution < 1.29 is 13.2 Å². The summed E-state index contributed by atoms with van der Waals surface area (Å²) in [7, 11) is 0. The quantitative estimate of drug-likeness (QED) is 0.757. The molecule has 1 unspecified atom stereocenters. The Morgan fingerprint density at radius 1 is 1.33 bits per heavy atom. The summed E-state index contributed by atoms with van der Waals surface area (Å²) >= 11 is 3.37. The topological polar surface area (TPSA) is 24.9 Å². The van der Waals surface area contributed by atoms with Crippen molar-refractivity contribution in [1.29, 1.82) is 0 Å². The van der Waals surface area contributed by atoms with Crippen molar-refractivity contribution in [2.45, 2.75) is 38.4 Å². The van der Waals surface area contributed by atoms with E-state index in [1.807, 2.05) is 31.2 Å². The number of nitrogens with one attached hydrogen (secondary N) is 1. The fraction of sp³-hybridized carbons (Fsp3) is 0.400. The minimum atomic E-state index is -4.08. The van der Waals surface area contributed by atoms with E-state index in [9.17, 15) is 13.2 Å². The van der Waals surface area contributed by atoms with E-state index in [2.05, 4.69) is 26.2 Å². The van der Waals surface area contributed by atoms with Gasteiger partial charge in [0, 0.05) is 28.5 Å². The summed E-state index contributed by atoms with van der Waals surface area (Å²) in [5.41, 5.74) is 1.67. The van der Waals surface area contributed by atoms with Gasteiger partial charge in [0.1, 0.15) is 0 Å². The number of nitrogens with zero attached hydrogens (tertiary/aromatic N) is 1. The molecular formula is C15H16BrF3N2. The molecule has 1 aromatic heterocycles. The maximum Gasteiger partial charge on any atom is 0.389 e. The van der Waals surface area contributed by atoms with E-state index in [0.717, 1.165) is 21.1 Å². The summed E-state index contributed by atoms with van der Waals surface area (Å²) in [6, 6.07) is 7.67. The van der Waals surface area contributed by atoms with Crippen molar-refractivity contribution >= 4 is 32.5 Å². The minimum absolute atomic E-state index is 0.0385. The first-order valence-corrected chi connectivity index (χ1v) is 7.52. The highest BCUT2D eigenvalue weighted by molar-refractivity contribution is 9.10. The van der Waals surface area contributed by atoms with E-state index in [1.54, 1.807) is 6.20 Å². The molecule has 0 aliphatic heterocycles. The first kappa shape index (κ1) is 16.1. The third-order valence-corrected chi connectivity index (χ3v) is 3.61. The molecule has 0 saturated heterocycles. The zero-order valence-corrected chi connectivity index (χ0v) is 13.1. The number of pyridine rings is 1. The molecule has 1 atom stereocenters. The minimum Gasteiger partial charge on any atom is -0.381 e. The van der Waals surface area contributed by atoms with E-state index in [1.165, 1.54) is 0 Å². The monoisotopic (exact) mass is 360 g/mol. The highest BCUT2D eigenvalue weighted by Crippen LogP contribution is 2.26. The van der Waals surface area contributed by atoms with E-state index in [4.69, 9.17) is 0 Å². The molecule has 0 bridgehead atoms. The first-order valence-electron chi connectivity index (χ1n) is 6.73. The van der Waals surface area contributed by atoms with Gasteiger partial charge in [-0.25, -0.2) is 0 Å². The van der Waals surface area contributed by atoms with Crippen molar-refractivity contribution in [3.8, 4) is 0 Å². The number of halogens is 4. The van der Waals surface area contributed by atoms with E-state index >= 15 is 0 Å². The number of fused-ring (bicyclic) bond motifs is 1. The number of aromatic nitrogens is 1. The summed E-state index contributed by atoms with van der Waals surface area (Å²) < 4.78 is 37.3. The normalized spacial score (nSPS) is 13.4. The molecule has 1 heterocycles. The number of hydrogen-bond donors (Lipinski definition) is 1. The Kier molecular flexibility index (Phi) is 5.08. The van der Waals surface area contributed by atoms with Gasteiger partial charge in [0.2, 0.25) is 0 Å². The lowest BCUT2D eigenvalue weighted by atomic mass is 10.1. The van der Waals surface area contributed by atoms with Crippen LogP contribution in [0.15, 0.2) is 34.9 Å². The third-order valence-electron chi connectivity index (χ3n) is 3.18. The maximum absolute atomic E-state index is 12.1. The van der Waals surface area contributed by atoms with E-state index in [-0.39, 0.29) is 12.5 Å². The van der Waals surface area contributed by atoms with Gasteiger partial charge in [-0.3, -0.25) is 4.98 Å². The van der Waals surface area contributed by atoms with Gasteiger partial charge in [-0.15, -0.1) is 0 Å². The summed E-state index contributed by atoms with van der Waals surface area (Å²) in [5.74, 6) is 0. The third kappa shape index (κ3) is 4.88. The van der Waals surface area contributed by atoms with Crippen LogP contribution in [-0.4, -0.2) is 17.2 Å². The van der Waals surface area contributed by atoms with Crippen LogP contribution in [-0.2, 0) is 0 Å². The van der Waals surface area contributed by atoms with Crippen molar-refractivity contribution in [2.75, 3.05) is 5.32 Å². The van der Waals surface area contributed by atoms with Crippen LogP contribution < -0.4 is 5.32 Å². The number of para-hydroxylation sites is 1. The van der Waals surface area contributed by atoms with Gasteiger partial charge in [0.05, 0.1) is 11.2 Å².